The quantitative estimate of drug-likeness (QED) is 0.457. The number of amides is 1. The number of carbonyl (C=O) groups is 1. The van der Waals surface area contributed by atoms with Crippen LogP contribution in [0.1, 0.15) is 0 Å². The predicted octanol–water partition coefficient (Wildman–Crippen LogP) is 5.07. The summed E-state index contributed by atoms with van der Waals surface area (Å²) in [5.41, 5.74) is 3.50. The van der Waals surface area contributed by atoms with Gasteiger partial charge in [0.15, 0.2) is 0 Å². The smallest absolute Gasteiger partial charge is 0.244 e. The summed E-state index contributed by atoms with van der Waals surface area (Å²) < 4.78 is 7.20. The van der Waals surface area contributed by atoms with Crippen LogP contribution in [0.2, 0.25) is 0 Å². The number of anilines is 1. The minimum absolute atomic E-state index is 0.0961. The van der Waals surface area contributed by atoms with Gasteiger partial charge < -0.3 is 14.6 Å². The van der Waals surface area contributed by atoms with E-state index in [1.807, 2.05) is 83.6 Å². The molecule has 1 amide bonds. The fourth-order valence-electron chi connectivity index (χ4n) is 3.24. The summed E-state index contributed by atoms with van der Waals surface area (Å²) in [4.78, 5) is 18.7. The molecule has 0 radical (unpaired) electrons. The Kier molecular flexibility index (Phi) is 5.53. The molecule has 6 heteroatoms. The number of methoxy groups -OCH3 is 1. The first-order valence-electron chi connectivity index (χ1n) is 9.21. The molecule has 3 aromatic carbocycles. The van der Waals surface area contributed by atoms with Gasteiger partial charge in [0.2, 0.25) is 5.91 Å². The van der Waals surface area contributed by atoms with Gasteiger partial charge in [0, 0.05) is 16.1 Å². The SMILES string of the molecule is COc1ccc(-c2nc3ccccc3n2CC(=O)Nc2cccc(SC)c2)cc1. The van der Waals surface area contributed by atoms with Gasteiger partial charge in [-0.15, -0.1) is 11.8 Å². The maximum atomic E-state index is 12.8. The Balaban J connectivity index is 1.67. The third-order valence-corrected chi connectivity index (χ3v) is 5.38. The molecule has 29 heavy (non-hydrogen) atoms. The van der Waals surface area contributed by atoms with Crippen molar-refractivity contribution >= 4 is 34.4 Å². The van der Waals surface area contributed by atoms with Crippen LogP contribution in [-0.2, 0) is 11.3 Å². The van der Waals surface area contributed by atoms with Gasteiger partial charge in [0.1, 0.15) is 18.1 Å². The number of nitrogens with zero attached hydrogens (tertiary/aromatic N) is 2. The van der Waals surface area contributed by atoms with Crippen LogP contribution in [0.4, 0.5) is 5.69 Å². The van der Waals surface area contributed by atoms with Crippen molar-refractivity contribution in [2.24, 2.45) is 0 Å². The van der Waals surface area contributed by atoms with Crippen molar-refractivity contribution in [3.63, 3.8) is 0 Å². The molecule has 4 rings (SSSR count). The lowest BCUT2D eigenvalue weighted by atomic mass is 10.2. The number of para-hydroxylation sites is 2. The standard InChI is InChI=1S/C23H21N3O2S/c1-28-18-12-10-16(11-13-18)23-25-20-8-3-4-9-21(20)26(23)15-22(27)24-17-6-5-7-19(14-17)29-2/h3-14H,15H2,1-2H3,(H,24,27). The van der Waals surface area contributed by atoms with Crippen molar-refractivity contribution in [3.05, 3.63) is 72.8 Å². The van der Waals surface area contributed by atoms with Crippen LogP contribution < -0.4 is 10.1 Å². The highest BCUT2D eigenvalue weighted by Crippen LogP contribution is 2.27. The Morgan fingerprint density at radius 2 is 1.86 bits per heavy atom. The summed E-state index contributed by atoms with van der Waals surface area (Å²) in [5.74, 6) is 1.44. The van der Waals surface area contributed by atoms with Crippen LogP contribution in [0, 0.1) is 0 Å². The molecule has 4 aromatic rings. The largest absolute Gasteiger partial charge is 0.497 e. The fourth-order valence-corrected chi connectivity index (χ4v) is 3.70. The molecule has 0 aliphatic carbocycles. The van der Waals surface area contributed by atoms with Crippen molar-refractivity contribution in [2.45, 2.75) is 11.4 Å². The average molecular weight is 404 g/mol. The molecule has 0 saturated heterocycles. The first-order valence-corrected chi connectivity index (χ1v) is 10.4. The van der Waals surface area contributed by atoms with Gasteiger partial charge in [-0.05, 0) is 60.9 Å². The molecule has 146 valence electrons. The normalized spacial score (nSPS) is 10.8. The van der Waals surface area contributed by atoms with Crippen molar-refractivity contribution in [2.75, 3.05) is 18.7 Å². The van der Waals surface area contributed by atoms with E-state index in [4.69, 9.17) is 9.72 Å². The van der Waals surface area contributed by atoms with E-state index in [1.54, 1.807) is 18.9 Å². The van der Waals surface area contributed by atoms with E-state index >= 15 is 0 Å². The van der Waals surface area contributed by atoms with Crippen LogP contribution in [0.5, 0.6) is 5.75 Å². The Morgan fingerprint density at radius 3 is 2.62 bits per heavy atom. The zero-order valence-corrected chi connectivity index (χ0v) is 17.1. The zero-order chi connectivity index (χ0) is 20.2. The number of ether oxygens (including phenoxy) is 1. The zero-order valence-electron chi connectivity index (χ0n) is 16.3. The van der Waals surface area contributed by atoms with Crippen molar-refractivity contribution in [1.29, 1.82) is 0 Å². The lowest BCUT2D eigenvalue weighted by Gasteiger charge is -2.11. The number of carbonyl (C=O) groups excluding carboxylic acids is 1. The maximum absolute atomic E-state index is 12.8. The highest BCUT2D eigenvalue weighted by atomic mass is 32.2. The number of aromatic nitrogens is 2. The van der Waals surface area contributed by atoms with Crippen LogP contribution in [0.25, 0.3) is 22.4 Å². The Bertz CT molecular complexity index is 1150. The number of benzene rings is 3. The highest BCUT2D eigenvalue weighted by molar-refractivity contribution is 7.98. The minimum atomic E-state index is -0.0961. The van der Waals surface area contributed by atoms with Gasteiger partial charge in [-0.25, -0.2) is 4.98 Å². The van der Waals surface area contributed by atoms with Crippen LogP contribution in [0.15, 0.2) is 77.7 Å². The minimum Gasteiger partial charge on any atom is -0.497 e. The molecule has 0 fully saturated rings. The summed E-state index contributed by atoms with van der Waals surface area (Å²) >= 11 is 1.64. The van der Waals surface area contributed by atoms with Gasteiger partial charge in [-0.3, -0.25) is 4.79 Å². The van der Waals surface area contributed by atoms with Crippen LogP contribution in [-0.4, -0.2) is 28.8 Å². The van der Waals surface area contributed by atoms with E-state index in [2.05, 4.69) is 5.32 Å². The lowest BCUT2D eigenvalue weighted by molar-refractivity contribution is -0.116. The molecule has 0 bridgehead atoms. The summed E-state index contributed by atoms with van der Waals surface area (Å²) in [6, 6.07) is 23.4. The highest BCUT2D eigenvalue weighted by Gasteiger charge is 2.15. The summed E-state index contributed by atoms with van der Waals surface area (Å²) in [7, 11) is 1.64. The molecule has 1 heterocycles. The third kappa shape index (κ3) is 4.12. The predicted molar refractivity (Wildman–Crippen MR) is 119 cm³/mol. The Hall–Kier alpha value is -3.25. The molecule has 1 aromatic heterocycles. The first kappa shape index (κ1) is 19.1. The molecule has 0 saturated carbocycles. The Morgan fingerprint density at radius 1 is 1.07 bits per heavy atom. The number of fused-ring (bicyclic) bond motifs is 1. The monoisotopic (exact) mass is 403 g/mol. The van der Waals surface area contributed by atoms with E-state index in [-0.39, 0.29) is 12.5 Å². The molecule has 0 aliphatic rings. The second-order valence-electron chi connectivity index (χ2n) is 6.52. The van der Waals surface area contributed by atoms with Gasteiger partial charge in [-0.1, -0.05) is 18.2 Å². The number of rotatable bonds is 6. The number of imidazole rings is 1. The van der Waals surface area contributed by atoms with Crippen LogP contribution in [0.3, 0.4) is 0 Å². The summed E-state index contributed by atoms with van der Waals surface area (Å²) in [5, 5.41) is 3.00. The number of hydrogen-bond donors (Lipinski definition) is 1. The van der Waals surface area contributed by atoms with E-state index in [0.717, 1.165) is 38.8 Å². The average Bonchev–Trinajstić information content (AvgIpc) is 3.12. The fraction of sp³-hybridized carbons (Fsp3) is 0.130. The maximum Gasteiger partial charge on any atom is 0.244 e. The van der Waals surface area contributed by atoms with Crippen molar-refractivity contribution in [1.82, 2.24) is 9.55 Å². The van der Waals surface area contributed by atoms with Gasteiger partial charge >= 0.3 is 0 Å². The summed E-state index contributed by atoms with van der Waals surface area (Å²) in [6.45, 7) is 0.172. The molecule has 0 aliphatic heterocycles. The molecule has 0 atom stereocenters. The number of hydrogen-bond acceptors (Lipinski definition) is 4. The number of nitrogens with one attached hydrogen (secondary N) is 1. The van der Waals surface area contributed by atoms with Gasteiger partial charge in [0.05, 0.1) is 18.1 Å². The van der Waals surface area contributed by atoms with Crippen LogP contribution >= 0.6 is 11.8 Å². The van der Waals surface area contributed by atoms with Crippen molar-refractivity contribution in [3.8, 4) is 17.1 Å². The molecule has 0 spiro atoms. The van der Waals surface area contributed by atoms with Gasteiger partial charge in [0.25, 0.3) is 0 Å². The lowest BCUT2D eigenvalue weighted by Crippen LogP contribution is -2.19. The summed E-state index contributed by atoms with van der Waals surface area (Å²) in [6.07, 6.45) is 2.01. The molecular formula is C23H21N3O2S. The number of thioether (sulfide) groups is 1. The van der Waals surface area contributed by atoms with Crippen molar-refractivity contribution < 1.29 is 9.53 Å². The van der Waals surface area contributed by atoms with Gasteiger partial charge in [-0.2, -0.15) is 0 Å². The third-order valence-electron chi connectivity index (χ3n) is 4.66. The van der Waals surface area contributed by atoms with E-state index in [0.29, 0.717) is 0 Å². The second kappa shape index (κ2) is 8.41. The molecule has 5 nitrogen and oxygen atoms in total. The Labute approximate surface area is 173 Å². The van der Waals surface area contributed by atoms with E-state index in [1.165, 1.54) is 0 Å². The first-order chi connectivity index (χ1) is 14.2. The molecular weight excluding hydrogens is 382 g/mol. The van der Waals surface area contributed by atoms with E-state index in [9.17, 15) is 4.79 Å². The second-order valence-corrected chi connectivity index (χ2v) is 7.40. The topological polar surface area (TPSA) is 56.2 Å². The molecule has 1 N–H and O–H groups in total. The molecule has 0 unspecified atom stereocenters. The van der Waals surface area contributed by atoms with E-state index < -0.39 is 0 Å².